The molecule has 10 heavy (non-hydrogen) atoms. The van der Waals surface area contributed by atoms with Crippen LogP contribution in [0.2, 0.25) is 0 Å². The molecule has 2 unspecified atom stereocenters. The minimum absolute atomic E-state index is 0.297. The molecule has 0 saturated heterocycles. The van der Waals surface area contributed by atoms with E-state index in [1.807, 2.05) is 0 Å². The Bertz CT molecular complexity index is 142. The van der Waals surface area contributed by atoms with Crippen LogP contribution in [-0.4, -0.2) is 11.7 Å². The third-order valence-electron chi connectivity index (χ3n) is 2.26. The minimum Gasteiger partial charge on any atom is -0.402 e. The summed E-state index contributed by atoms with van der Waals surface area (Å²) in [6.07, 6.45) is 4.06. The van der Waals surface area contributed by atoms with E-state index in [1.54, 1.807) is 0 Å². The van der Waals surface area contributed by atoms with Crippen molar-refractivity contribution in [2.45, 2.75) is 19.8 Å². The third kappa shape index (κ3) is 1.51. The zero-order valence-electron chi connectivity index (χ0n) is 6.38. The molecule has 1 aliphatic carbocycles. The van der Waals surface area contributed by atoms with Crippen LogP contribution in [0, 0.1) is 11.8 Å². The predicted octanol–water partition coefficient (Wildman–Crippen LogP) is 0.867. The normalized spacial score (nSPS) is 33.6. The molecule has 1 aliphatic rings. The van der Waals surface area contributed by atoms with Crippen molar-refractivity contribution in [1.29, 1.82) is 0 Å². The molecule has 0 aromatic heterocycles. The smallest absolute Gasteiger partial charge is 0.0464 e. The number of aliphatic hydroxyl groups excluding tert-OH is 1. The molecule has 0 radical (unpaired) electrons. The number of rotatable bonds is 1. The molecule has 0 aliphatic heterocycles. The van der Waals surface area contributed by atoms with E-state index in [0.717, 1.165) is 18.5 Å². The molecule has 2 nitrogen and oxygen atoms in total. The average molecular weight is 141 g/mol. The van der Waals surface area contributed by atoms with Gasteiger partial charge in [0.2, 0.25) is 0 Å². The first-order valence-corrected chi connectivity index (χ1v) is 3.81. The molecular formula is C8H15NO. The quantitative estimate of drug-likeness (QED) is 0.569. The molecule has 0 amide bonds. The van der Waals surface area contributed by atoms with E-state index in [4.69, 9.17) is 10.8 Å². The van der Waals surface area contributed by atoms with Crippen molar-refractivity contribution in [2.75, 3.05) is 6.61 Å². The average Bonchev–Trinajstić information content (AvgIpc) is 1.88. The highest BCUT2D eigenvalue weighted by molar-refractivity contribution is 5.04. The molecule has 0 heterocycles. The van der Waals surface area contributed by atoms with Gasteiger partial charge in [-0.25, -0.2) is 0 Å². The van der Waals surface area contributed by atoms with Crippen LogP contribution in [-0.2, 0) is 0 Å². The van der Waals surface area contributed by atoms with Gasteiger partial charge in [-0.2, -0.15) is 0 Å². The van der Waals surface area contributed by atoms with Crippen molar-refractivity contribution < 1.29 is 5.11 Å². The van der Waals surface area contributed by atoms with Crippen molar-refractivity contribution in [3.63, 3.8) is 0 Å². The molecule has 0 aromatic carbocycles. The number of allylic oxidation sites excluding steroid dienone is 2. The van der Waals surface area contributed by atoms with E-state index >= 15 is 0 Å². The highest BCUT2D eigenvalue weighted by Gasteiger charge is 2.18. The Labute approximate surface area is 61.7 Å². The van der Waals surface area contributed by atoms with Crippen LogP contribution in [0.15, 0.2) is 11.8 Å². The van der Waals surface area contributed by atoms with Gasteiger partial charge in [-0.15, -0.1) is 0 Å². The fourth-order valence-corrected chi connectivity index (χ4v) is 1.43. The Kier molecular flexibility index (Phi) is 2.33. The Morgan fingerprint density at radius 1 is 1.80 bits per heavy atom. The van der Waals surface area contributed by atoms with E-state index in [-0.39, 0.29) is 0 Å². The summed E-state index contributed by atoms with van der Waals surface area (Å²) in [5.41, 5.74) is 6.61. The Morgan fingerprint density at radius 2 is 2.50 bits per heavy atom. The maximum atomic E-state index is 8.88. The maximum Gasteiger partial charge on any atom is 0.0464 e. The third-order valence-corrected chi connectivity index (χ3v) is 2.26. The standard InChI is InChI=1S/C8H15NO/c1-6-4-8(9)3-2-7(6)5-10/h4,6-7,10H,2-3,5,9H2,1H3. The second kappa shape index (κ2) is 3.06. The molecule has 1 rings (SSSR count). The lowest BCUT2D eigenvalue weighted by Gasteiger charge is -2.24. The van der Waals surface area contributed by atoms with Crippen LogP contribution in [0.25, 0.3) is 0 Å². The second-order valence-electron chi connectivity index (χ2n) is 3.08. The first-order chi connectivity index (χ1) is 4.74. The van der Waals surface area contributed by atoms with Gasteiger partial charge in [0, 0.05) is 12.3 Å². The molecule has 2 heteroatoms. The van der Waals surface area contributed by atoms with Crippen molar-refractivity contribution >= 4 is 0 Å². The van der Waals surface area contributed by atoms with Gasteiger partial charge in [0.1, 0.15) is 0 Å². The molecule has 0 saturated carbocycles. The summed E-state index contributed by atoms with van der Waals surface area (Å²) >= 11 is 0. The zero-order valence-corrected chi connectivity index (χ0v) is 6.38. The molecule has 0 spiro atoms. The molecule has 2 atom stereocenters. The van der Waals surface area contributed by atoms with E-state index in [9.17, 15) is 0 Å². The summed E-state index contributed by atoms with van der Waals surface area (Å²) in [5, 5.41) is 8.88. The van der Waals surface area contributed by atoms with Gasteiger partial charge in [0.05, 0.1) is 0 Å². The Morgan fingerprint density at radius 3 is 3.00 bits per heavy atom. The van der Waals surface area contributed by atoms with Crippen LogP contribution in [0.1, 0.15) is 19.8 Å². The van der Waals surface area contributed by atoms with Crippen LogP contribution >= 0.6 is 0 Å². The van der Waals surface area contributed by atoms with Crippen LogP contribution < -0.4 is 5.73 Å². The maximum absolute atomic E-state index is 8.88. The fourth-order valence-electron chi connectivity index (χ4n) is 1.43. The van der Waals surface area contributed by atoms with Gasteiger partial charge in [-0.1, -0.05) is 13.0 Å². The lowest BCUT2D eigenvalue weighted by Crippen LogP contribution is -2.20. The largest absolute Gasteiger partial charge is 0.402 e. The molecule has 58 valence electrons. The molecule has 0 fully saturated rings. The lowest BCUT2D eigenvalue weighted by molar-refractivity contribution is 0.185. The van der Waals surface area contributed by atoms with Crippen molar-refractivity contribution in [3.8, 4) is 0 Å². The van der Waals surface area contributed by atoms with Gasteiger partial charge in [0.15, 0.2) is 0 Å². The number of hydrogen-bond acceptors (Lipinski definition) is 2. The first-order valence-electron chi connectivity index (χ1n) is 3.81. The monoisotopic (exact) mass is 141 g/mol. The lowest BCUT2D eigenvalue weighted by atomic mass is 9.85. The SMILES string of the molecule is CC1C=C(N)CCC1CO. The van der Waals surface area contributed by atoms with Crippen molar-refractivity contribution in [1.82, 2.24) is 0 Å². The van der Waals surface area contributed by atoms with Crippen LogP contribution in [0.3, 0.4) is 0 Å². The molecule has 0 aromatic rings. The molecule has 3 N–H and O–H groups in total. The highest BCUT2D eigenvalue weighted by atomic mass is 16.3. The summed E-state index contributed by atoms with van der Waals surface area (Å²) in [6.45, 7) is 2.40. The number of nitrogens with two attached hydrogens (primary N) is 1. The Balaban J connectivity index is 2.55. The highest BCUT2D eigenvalue weighted by Crippen LogP contribution is 2.25. The molecular weight excluding hydrogens is 126 g/mol. The minimum atomic E-state index is 0.297. The van der Waals surface area contributed by atoms with E-state index in [1.165, 1.54) is 0 Å². The van der Waals surface area contributed by atoms with Gasteiger partial charge >= 0.3 is 0 Å². The van der Waals surface area contributed by atoms with Gasteiger partial charge in [-0.3, -0.25) is 0 Å². The van der Waals surface area contributed by atoms with Crippen molar-refractivity contribution in [3.05, 3.63) is 11.8 Å². The zero-order chi connectivity index (χ0) is 7.56. The fraction of sp³-hybridized carbons (Fsp3) is 0.750. The van der Waals surface area contributed by atoms with Crippen LogP contribution in [0.5, 0.6) is 0 Å². The van der Waals surface area contributed by atoms with E-state index in [2.05, 4.69) is 13.0 Å². The summed E-state index contributed by atoms with van der Waals surface area (Å²) < 4.78 is 0. The van der Waals surface area contributed by atoms with E-state index in [0.29, 0.717) is 18.4 Å². The number of hydrogen-bond donors (Lipinski definition) is 2. The van der Waals surface area contributed by atoms with Gasteiger partial charge in [0.25, 0.3) is 0 Å². The summed E-state index contributed by atoms with van der Waals surface area (Å²) in [6, 6.07) is 0. The topological polar surface area (TPSA) is 46.2 Å². The van der Waals surface area contributed by atoms with E-state index < -0.39 is 0 Å². The molecule has 0 bridgehead atoms. The summed E-state index contributed by atoms with van der Waals surface area (Å²) in [4.78, 5) is 0. The van der Waals surface area contributed by atoms with Crippen molar-refractivity contribution in [2.24, 2.45) is 17.6 Å². The van der Waals surface area contributed by atoms with Crippen LogP contribution in [0.4, 0.5) is 0 Å². The second-order valence-corrected chi connectivity index (χ2v) is 3.08. The summed E-state index contributed by atoms with van der Waals surface area (Å²) in [5.74, 6) is 0.894. The Hall–Kier alpha value is -0.500. The van der Waals surface area contributed by atoms with Gasteiger partial charge in [-0.05, 0) is 24.7 Å². The summed E-state index contributed by atoms with van der Waals surface area (Å²) in [7, 11) is 0. The predicted molar refractivity (Wildman–Crippen MR) is 41.2 cm³/mol. The van der Waals surface area contributed by atoms with Gasteiger partial charge < -0.3 is 10.8 Å². The number of aliphatic hydroxyl groups is 1. The first kappa shape index (κ1) is 7.61.